The van der Waals surface area contributed by atoms with E-state index in [1.807, 2.05) is 6.20 Å². The summed E-state index contributed by atoms with van der Waals surface area (Å²) in [6.45, 7) is 4.05. The van der Waals surface area contributed by atoms with Crippen molar-refractivity contribution in [1.82, 2.24) is 30.1 Å². The minimum Gasteiger partial charge on any atom is -0.361 e. The van der Waals surface area contributed by atoms with Crippen LogP contribution in [0.25, 0.3) is 5.78 Å². The highest BCUT2D eigenvalue weighted by atomic mass is 16.5. The predicted molar refractivity (Wildman–Crippen MR) is 77.4 cm³/mol. The lowest BCUT2D eigenvalue weighted by atomic mass is 10.1. The standard InChI is InChI=1S/C14H16N6O2/c1-9-12(10(2)22-19-9)13(21)15-5-3-4-11-6-16-14-17-8-18-20(14)7-11/h6-8H,3-5H2,1-2H3,(H,15,21). The number of nitrogens with one attached hydrogen (secondary N) is 1. The van der Waals surface area contributed by atoms with E-state index in [-0.39, 0.29) is 5.91 Å². The molecule has 1 N–H and O–H groups in total. The largest absolute Gasteiger partial charge is 0.361 e. The number of aromatic nitrogens is 5. The van der Waals surface area contributed by atoms with Gasteiger partial charge in [-0.25, -0.2) is 9.50 Å². The first-order valence-corrected chi connectivity index (χ1v) is 7.00. The molecule has 8 heteroatoms. The first-order valence-electron chi connectivity index (χ1n) is 7.00. The Labute approximate surface area is 126 Å². The van der Waals surface area contributed by atoms with Crippen molar-refractivity contribution in [3.8, 4) is 0 Å². The van der Waals surface area contributed by atoms with Crippen molar-refractivity contribution in [1.29, 1.82) is 0 Å². The molecule has 114 valence electrons. The van der Waals surface area contributed by atoms with Gasteiger partial charge in [-0.15, -0.1) is 0 Å². The molecule has 0 saturated heterocycles. The van der Waals surface area contributed by atoms with Crippen molar-refractivity contribution in [2.45, 2.75) is 26.7 Å². The van der Waals surface area contributed by atoms with Gasteiger partial charge in [-0.3, -0.25) is 4.79 Å². The summed E-state index contributed by atoms with van der Waals surface area (Å²) in [4.78, 5) is 20.2. The van der Waals surface area contributed by atoms with Gasteiger partial charge < -0.3 is 9.84 Å². The van der Waals surface area contributed by atoms with E-state index in [9.17, 15) is 4.79 Å². The fraction of sp³-hybridized carbons (Fsp3) is 0.357. The van der Waals surface area contributed by atoms with Crippen LogP contribution in [0.15, 0.2) is 23.2 Å². The third-order valence-electron chi connectivity index (χ3n) is 3.38. The SMILES string of the molecule is Cc1noc(C)c1C(=O)NCCCc1cnc2ncnn2c1. The van der Waals surface area contributed by atoms with E-state index in [0.717, 1.165) is 18.4 Å². The van der Waals surface area contributed by atoms with E-state index in [4.69, 9.17) is 4.52 Å². The zero-order valence-corrected chi connectivity index (χ0v) is 12.4. The van der Waals surface area contributed by atoms with Crippen LogP contribution in [0.3, 0.4) is 0 Å². The molecule has 3 heterocycles. The second kappa shape index (κ2) is 5.92. The molecule has 8 nitrogen and oxygen atoms in total. The van der Waals surface area contributed by atoms with Gasteiger partial charge >= 0.3 is 0 Å². The Morgan fingerprint density at radius 3 is 3.00 bits per heavy atom. The Balaban J connectivity index is 1.52. The molecule has 0 atom stereocenters. The van der Waals surface area contributed by atoms with Crippen LogP contribution < -0.4 is 5.32 Å². The molecule has 0 spiro atoms. The maximum Gasteiger partial charge on any atom is 0.256 e. The molecule has 1 amide bonds. The quantitative estimate of drug-likeness (QED) is 0.708. The van der Waals surface area contributed by atoms with E-state index >= 15 is 0 Å². The lowest BCUT2D eigenvalue weighted by molar-refractivity contribution is 0.0951. The van der Waals surface area contributed by atoms with Crippen LogP contribution >= 0.6 is 0 Å². The summed E-state index contributed by atoms with van der Waals surface area (Å²) >= 11 is 0. The highest BCUT2D eigenvalue weighted by Crippen LogP contribution is 2.11. The van der Waals surface area contributed by atoms with Crippen LogP contribution in [-0.2, 0) is 6.42 Å². The molecule has 0 aliphatic rings. The van der Waals surface area contributed by atoms with E-state index < -0.39 is 0 Å². The second-order valence-corrected chi connectivity index (χ2v) is 5.03. The van der Waals surface area contributed by atoms with E-state index in [1.54, 1.807) is 24.6 Å². The molecule has 0 fully saturated rings. The monoisotopic (exact) mass is 300 g/mol. The summed E-state index contributed by atoms with van der Waals surface area (Å²) in [5, 5.41) is 10.7. The minimum atomic E-state index is -0.152. The number of carbonyl (C=O) groups is 1. The van der Waals surface area contributed by atoms with Crippen LogP contribution in [0.5, 0.6) is 0 Å². The average Bonchev–Trinajstić information content (AvgIpc) is 3.09. The smallest absolute Gasteiger partial charge is 0.256 e. The van der Waals surface area contributed by atoms with E-state index in [2.05, 4.69) is 25.5 Å². The van der Waals surface area contributed by atoms with Gasteiger partial charge in [-0.1, -0.05) is 5.16 Å². The Morgan fingerprint density at radius 2 is 2.23 bits per heavy atom. The fourth-order valence-corrected chi connectivity index (χ4v) is 2.28. The summed E-state index contributed by atoms with van der Waals surface area (Å²) in [7, 11) is 0. The third-order valence-corrected chi connectivity index (χ3v) is 3.38. The van der Waals surface area contributed by atoms with Gasteiger partial charge in [0.05, 0.1) is 5.69 Å². The van der Waals surface area contributed by atoms with Crippen LogP contribution in [0, 0.1) is 13.8 Å². The van der Waals surface area contributed by atoms with Gasteiger partial charge in [-0.05, 0) is 32.3 Å². The van der Waals surface area contributed by atoms with Crippen LogP contribution in [0.4, 0.5) is 0 Å². The number of hydrogen-bond donors (Lipinski definition) is 1. The highest BCUT2D eigenvalue weighted by Gasteiger charge is 2.16. The summed E-state index contributed by atoms with van der Waals surface area (Å²) in [5.41, 5.74) is 2.17. The number of hydrogen-bond acceptors (Lipinski definition) is 6. The number of carbonyl (C=O) groups excluding carboxylic acids is 1. The molecule has 3 rings (SSSR count). The van der Waals surface area contributed by atoms with Crippen molar-refractivity contribution < 1.29 is 9.32 Å². The molecular weight excluding hydrogens is 284 g/mol. The molecule has 0 aromatic carbocycles. The van der Waals surface area contributed by atoms with Crippen LogP contribution in [0.1, 0.15) is 33.8 Å². The summed E-state index contributed by atoms with van der Waals surface area (Å²) < 4.78 is 6.63. The number of aryl methyl sites for hydroxylation is 3. The first-order chi connectivity index (χ1) is 10.6. The topological polar surface area (TPSA) is 98.2 Å². The normalized spacial score (nSPS) is 11.0. The lowest BCUT2D eigenvalue weighted by Crippen LogP contribution is -2.25. The zero-order chi connectivity index (χ0) is 15.5. The number of amides is 1. The van der Waals surface area contributed by atoms with Gasteiger partial charge in [0.15, 0.2) is 0 Å². The van der Waals surface area contributed by atoms with Crippen molar-refractivity contribution in [2.75, 3.05) is 6.54 Å². The average molecular weight is 300 g/mol. The zero-order valence-electron chi connectivity index (χ0n) is 12.4. The summed E-state index contributed by atoms with van der Waals surface area (Å²) in [6.07, 6.45) is 6.74. The van der Waals surface area contributed by atoms with Crippen LogP contribution in [-0.4, -0.2) is 37.2 Å². The van der Waals surface area contributed by atoms with Gasteiger partial charge in [-0.2, -0.15) is 10.1 Å². The Bertz CT molecular complexity index is 787. The van der Waals surface area contributed by atoms with Gasteiger partial charge in [0.2, 0.25) is 0 Å². The Hall–Kier alpha value is -2.77. The number of nitrogens with zero attached hydrogens (tertiary/aromatic N) is 5. The van der Waals surface area contributed by atoms with Crippen molar-refractivity contribution in [3.63, 3.8) is 0 Å². The third kappa shape index (κ3) is 2.80. The minimum absolute atomic E-state index is 0.152. The molecule has 3 aromatic heterocycles. The van der Waals surface area contributed by atoms with E-state index in [0.29, 0.717) is 29.3 Å². The highest BCUT2D eigenvalue weighted by molar-refractivity contribution is 5.96. The molecule has 0 aliphatic heterocycles. The molecule has 22 heavy (non-hydrogen) atoms. The molecule has 0 saturated carbocycles. The van der Waals surface area contributed by atoms with Crippen molar-refractivity contribution in [2.24, 2.45) is 0 Å². The predicted octanol–water partition coefficient (Wildman–Crippen LogP) is 1.09. The Kier molecular flexibility index (Phi) is 3.82. The molecular formula is C14H16N6O2. The number of rotatable bonds is 5. The molecule has 3 aromatic rings. The van der Waals surface area contributed by atoms with Crippen molar-refractivity contribution in [3.05, 3.63) is 41.3 Å². The van der Waals surface area contributed by atoms with Gasteiger partial charge in [0.25, 0.3) is 11.7 Å². The molecule has 0 radical (unpaired) electrons. The molecule has 0 bridgehead atoms. The fourth-order valence-electron chi connectivity index (χ4n) is 2.28. The van der Waals surface area contributed by atoms with E-state index in [1.165, 1.54) is 6.33 Å². The maximum atomic E-state index is 12.1. The molecule has 0 unspecified atom stereocenters. The molecule has 0 aliphatic carbocycles. The Morgan fingerprint density at radius 1 is 1.36 bits per heavy atom. The van der Waals surface area contributed by atoms with Crippen molar-refractivity contribution >= 4 is 11.7 Å². The number of fused-ring (bicyclic) bond motifs is 1. The van der Waals surface area contributed by atoms with Gasteiger partial charge in [0, 0.05) is 18.9 Å². The summed E-state index contributed by atoms with van der Waals surface area (Å²) in [5.74, 6) is 0.965. The van der Waals surface area contributed by atoms with Crippen LogP contribution in [0.2, 0.25) is 0 Å². The maximum absolute atomic E-state index is 12.1. The first kappa shape index (κ1) is 14.2. The second-order valence-electron chi connectivity index (χ2n) is 5.03. The lowest BCUT2D eigenvalue weighted by Gasteiger charge is -2.05. The summed E-state index contributed by atoms with van der Waals surface area (Å²) in [6, 6.07) is 0. The van der Waals surface area contributed by atoms with Gasteiger partial charge in [0.1, 0.15) is 17.7 Å².